The van der Waals surface area contributed by atoms with Crippen molar-refractivity contribution in [3.63, 3.8) is 0 Å². The summed E-state index contributed by atoms with van der Waals surface area (Å²) in [6.45, 7) is 0. The number of para-hydroxylation sites is 1. The maximum absolute atomic E-state index is 12.9. The lowest BCUT2D eigenvalue weighted by atomic mass is 10.1. The highest BCUT2D eigenvalue weighted by Gasteiger charge is 2.33. The summed E-state index contributed by atoms with van der Waals surface area (Å²) in [6.07, 6.45) is -4.54. The zero-order chi connectivity index (χ0) is 17.9. The molecule has 0 atom stereocenters. The molecule has 0 aliphatic rings. The molecule has 5 nitrogen and oxygen atoms in total. The lowest BCUT2D eigenvalue weighted by Crippen LogP contribution is -2.21. The van der Waals surface area contributed by atoms with Crippen LogP contribution in [0, 0.1) is 10.1 Å². The van der Waals surface area contributed by atoms with Crippen LogP contribution in [0.3, 0.4) is 0 Å². The van der Waals surface area contributed by atoms with E-state index in [1.165, 1.54) is 30.3 Å². The van der Waals surface area contributed by atoms with Gasteiger partial charge in [-0.05, 0) is 30.4 Å². The Hall–Kier alpha value is -2.39. The SMILES string of the molecule is O=[N+]([O-])c1ccc(NC(=S)Nc2ccccc2C(F)(F)F)c(Cl)c1. The third kappa shape index (κ3) is 4.33. The molecule has 2 aromatic carbocycles. The molecule has 0 unspecified atom stereocenters. The van der Waals surface area contributed by atoms with E-state index in [2.05, 4.69) is 10.6 Å². The number of non-ortho nitro benzene ring substituents is 1. The number of hydrogen-bond donors (Lipinski definition) is 2. The third-order valence-corrected chi connectivity index (χ3v) is 3.41. The number of hydrogen-bond acceptors (Lipinski definition) is 3. The molecule has 2 rings (SSSR count). The predicted molar refractivity (Wildman–Crippen MR) is 89.4 cm³/mol. The quantitative estimate of drug-likeness (QED) is 0.445. The Morgan fingerprint density at radius 1 is 1.12 bits per heavy atom. The van der Waals surface area contributed by atoms with Gasteiger partial charge in [-0.25, -0.2) is 0 Å². The Morgan fingerprint density at radius 2 is 1.75 bits per heavy atom. The largest absolute Gasteiger partial charge is 0.418 e. The molecule has 0 heterocycles. The fourth-order valence-electron chi connectivity index (χ4n) is 1.83. The number of halogens is 4. The van der Waals surface area contributed by atoms with Crippen molar-refractivity contribution in [1.82, 2.24) is 0 Å². The molecule has 0 aliphatic carbocycles. The minimum atomic E-state index is -4.54. The van der Waals surface area contributed by atoms with E-state index >= 15 is 0 Å². The van der Waals surface area contributed by atoms with Gasteiger partial charge < -0.3 is 10.6 Å². The van der Waals surface area contributed by atoms with Gasteiger partial charge in [-0.15, -0.1) is 0 Å². The highest BCUT2D eigenvalue weighted by atomic mass is 35.5. The summed E-state index contributed by atoms with van der Waals surface area (Å²) in [4.78, 5) is 10.0. The third-order valence-electron chi connectivity index (χ3n) is 2.89. The van der Waals surface area contributed by atoms with Crippen LogP contribution in [0.25, 0.3) is 0 Å². The van der Waals surface area contributed by atoms with E-state index in [4.69, 9.17) is 23.8 Å². The smallest absolute Gasteiger partial charge is 0.332 e. The van der Waals surface area contributed by atoms with E-state index in [0.29, 0.717) is 0 Å². The molecular formula is C14H9ClF3N3O2S. The van der Waals surface area contributed by atoms with E-state index in [9.17, 15) is 23.3 Å². The monoisotopic (exact) mass is 375 g/mol. The van der Waals surface area contributed by atoms with Gasteiger partial charge in [0.2, 0.25) is 0 Å². The minimum Gasteiger partial charge on any atom is -0.332 e. The molecule has 2 aromatic rings. The first-order valence-electron chi connectivity index (χ1n) is 6.36. The number of benzene rings is 2. The first kappa shape index (κ1) is 18.0. The highest BCUT2D eigenvalue weighted by molar-refractivity contribution is 7.80. The number of nitrogens with one attached hydrogen (secondary N) is 2. The average Bonchev–Trinajstić information content (AvgIpc) is 2.48. The van der Waals surface area contributed by atoms with Crippen molar-refractivity contribution in [3.8, 4) is 0 Å². The molecule has 0 fully saturated rings. The van der Waals surface area contributed by atoms with E-state index in [-0.39, 0.29) is 27.2 Å². The van der Waals surface area contributed by atoms with Crippen molar-refractivity contribution < 1.29 is 18.1 Å². The standard InChI is InChI=1S/C14H9ClF3N3O2S/c15-10-7-8(21(22)23)5-6-12(10)20-13(24)19-11-4-2-1-3-9(11)14(16,17)18/h1-7H,(H2,19,20,24). The molecule has 0 spiro atoms. The van der Waals surface area contributed by atoms with E-state index in [1.807, 2.05) is 0 Å². The topological polar surface area (TPSA) is 67.2 Å². The van der Waals surface area contributed by atoms with E-state index in [0.717, 1.165) is 12.1 Å². The van der Waals surface area contributed by atoms with Gasteiger partial charge in [0.25, 0.3) is 5.69 Å². The zero-order valence-electron chi connectivity index (χ0n) is 11.7. The number of nitro benzene ring substituents is 1. The van der Waals surface area contributed by atoms with Crippen molar-refractivity contribution >= 4 is 46.0 Å². The van der Waals surface area contributed by atoms with Crippen LogP contribution in [0.4, 0.5) is 30.2 Å². The molecule has 24 heavy (non-hydrogen) atoms. The maximum atomic E-state index is 12.9. The number of rotatable bonds is 3. The summed E-state index contributed by atoms with van der Waals surface area (Å²) in [5.74, 6) is 0. The van der Waals surface area contributed by atoms with Crippen LogP contribution in [0.1, 0.15) is 5.56 Å². The van der Waals surface area contributed by atoms with Gasteiger partial charge >= 0.3 is 6.18 Å². The minimum absolute atomic E-state index is 0.0115. The summed E-state index contributed by atoms with van der Waals surface area (Å²) >= 11 is 10.9. The molecular weight excluding hydrogens is 367 g/mol. The second-order valence-electron chi connectivity index (χ2n) is 4.54. The van der Waals surface area contributed by atoms with Gasteiger partial charge in [0.15, 0.2) is 5.11 Å². The van der Waals surface area contributed by atoms with Crippen LogP contribution >= 0.6 is 23.8 Å². The Balaban J connectivity index is 2.17. The summed E-state index contributed by atoms with van der Waals surface area (Å²) < 4.78 is 38.8. The second kappa shape index (κ2) is 7.02. The maximum Gasteiger partial charge on any atom is 0.418 e. The Kier molecular flexibility index (Phi) is 5.25. The number of anilines is 2. The first-order chi connectivity index (χ1) is 11.2. The fourth-order valence-corrected chi connectivity index (χ4v) is 2.28. The van der Waals surface area contributed by atoms with Gasteiger partial charge in [-0.2, -0.15) is 13.2 Å². The number of nitro groups is 1. The average molecular weight is 376 g/mol. The summed E-state index contributed by atoms with van der Waals surface area (Å²) in [5, 5.41) is 15.6. The second-order valence-corrected chi connectivity index (χ2v) is 5.36. The van der Waals surface area contributed by atoms with Crippen LogP contribution in [0.5, 0.6) is 0 Å². The molecule has 10 heteroatoms. The predicted octanol–water partition coefficient (Wildman–Crippen LogP) is 5.08. The van der Waals surface area contributed by atoms with Crippen molar-refractivity contribution in [2.24, 2.45) is 0 Å². The van der Waals surface area contributed by atoms with E-state index < -0.39 is 16.7 Å². The molecule has 0 bridgehead atoms. The van der Waals surface area contributed by atoms with Gasteiger partial charge in [0, 0.05) is 12.1 Å². The Bertz CT molecular complexity index is 799. The van der Waals surface area contributed by atoms with Gasteiger partial charge in [0.1, 0.15) is 0 Å². The van der Waals surface area contributed by atoms with Crippen LogP contribution in [0.2, 0.25) is 5.02 Å². The normalized spacial score (nSPS) is 11.0. The summed E-state index contributed by atoms with van der Waals surface area (Å²) in [5.41, 5.74) is -1.08. The molecule has 0 saturated heterocycles. The summed E-state index contributed by atoms with van der Waals surface area (Å²) in [7, 11) is 0. The highest BCUT2D eigenvalue weighted by Crippen LogP contribution is 2.34. The number of thiocarbonyl (C=S) groups is 1. The van der Waals surface area contributed by atoms with Crippen LogP contribution in [-0.2, 0) is 6.18 Å². The van der Waals surface area contributed by atoms with Crippen LogP contribution in [-0.4, -0.2) is 10.0 Å². The molecule has 0 saturated carbocycles. The Labute approximate surface area is 144 Å². The molecule has 126 valence electrons. The molecule has 0 aromatic heterocycles. The van der Waals surface area contributed by atoms with Crippen molar-refractivity contribution in [2.75, 3.05) is 10.6 Å². The lowest BCUT2D eigenvalue weighted by Gasteiger charge is -2.16. The van der Waals surface area contributed by atoms with Crippen molar-refractivity contribution in [1.29, 1.82) is 0 Å². The summed E-state index contributed by atoms with van der Waals surface area (Å²) in [6, 6.07) is 8.45. The van der Waals surface area contributed by atoms with Gasteiger partial charge in [-0.1, -0.05) is 23.7 Å². The fraction of sp³-hybridized carbons (Fsp3) is 0.0714. The van der Waals surface area contributed by atoms with Crippen molar-refractivity contribution in [3.05, 3.63) is 63.2 Å². The van der Waals surface area contributed by atoms with Crippen LogP contribution < -0.4 is 10.6 Å². The number of alkyl halides is 3. The molecule has 0 aliphatic heterocycles. The van der Waals surface area contributed by atoms with Crippen molar-refractivity contribution in [2.45, 2.75) is 6.18 Å². The van der Waals surface area contributed by atoms with Gasteiger partial charge in [0.05, 0.1) is 26.9 Å². The zero-order valence-corrected chi connectivity index (χ0v) is 13.3. The number of nitrogens with zero attached hydrogens (tertiary/aromatic N) is 1. The molecule has 2 N–H and O–H groups in total. The Morgan fingerprint density at radius 3 is 2.33 bits per heavy atom. The van der Waals surface area contributed by atoms with E-state index in [1.54, 1.807) is 0 Å². The molecule has 0 radical (unpaired) electrons. The van der Waals surface area contributed by atoms with Crippen LogP contribution in [0.15, 0.2) is 42.5 Å². The lowest BCUT2D eigenvalue weighted by molar-refractivity contribution is -0.384. The van der Waals surface area contributed by atoms with Gasteiger partial charge in [-0.3, -0.25) is 10.1 Å². The first-order valence-corrected chi connectivity index (χ1v) is 7.15. The molecule has 0 amide bonds.